The molecule has 0 heterocycles. The van der Waals surface area contributed by atoms with Crippen LogP contribution in [-0.4, -0.2) is 30.4 Å². The Morgan fingerprint density at radius 1 is 1.45 bits per heavy atom. The van der Waals surface area contributed by atoms with Crippen LogP contribution in [0.1, 0.15) is 38.7 Å². The highest BCUT2D eigenvalue weighted by molar-refractivity contribution is 5.80. The van der Waals surface area contributed by atoms with Gasteiger partial charge in [-0.15, -0.1) is 0 Å². The van der Waals surface area contributed by atoms with Crippen molar-refractivity contribution < 1.29 is 23.8 Å². The highest BCUT2D eigenvalue weighted by atomic mass is 19.1. The van der Waals surface area contributed by atoms with Crippen LogP contribution in [0.5, 0.6) is 5.75 Å². The normalized spacial score (nSPS) is 15.3. The Balaban J connectivity index is 3.10. The summed E-state index contributed by atoms with van der Waals surface area (Å²) < 4.78 is 23.5. The molecule has 0 saturated heterocycles. The number of carbonyl (C=O) groups excluding carboxylic acids is 1. The van der Waals surface area contributed by atoms with Gasteiger partial charge in [0.15, 0.2) is 17.2 Å². The summed E-state index contributed by atoms with van der Waals surface area (Å²) in [5, 5.41) is 10.5. The van der Waals surface area contributed by atoms with Crippen LogP contribution in [0.2, 0.25) is 0 Å². The molecule has 1 aromatic carbocycles. The lowest BCUT2D eigenvalue weighted by atomic mass is 9.81. The van der Waals surface area contributed by atoms with Crippen LogP contribution in [0.25, 0.3) is 0 Å². The predicted octanol–water partition coefficient (Wildman–Crippen LogP) is 2.64. The van der Waals surface area contributed by atoms with Gasteiger partial charge < -0.3 is 14.6 Å². The Kier molecular flexibility index (Phi) is 5.51. The molecule has 0 bridgehead atoms. The Morgan fingerprint density at radius 3 is 2.55 bits per heavy atom. The minimum atomic E-state index is -1.67. The fraction of sp³-hybridized carbons (Fsp3) is 0.533. The van der Waals surface area contributed by atoms with Gasteiger partial charge in [0.2, 0.25) is 0 Å². The number of ether oxygens (including phenoxy) is 2. The van der Waals surface area contributed by atoms with Gasteiger partial charge in [-0.2, -0.15) is 0 Å². The second-order valence-corrected chi connectivity index (χ2v) is 4.61. The van der Waals surface area contributed by atoms with Gasteiger partial charge in [0.25, 0.3) is 0 Å². The molecule has 0 aliphatic carbocycles. The molecule has 1 rings (SSSR count). The van der Waals surface area contributed by atoms with E-state index >= 15 is 0 Å². The summed E-state index contributed by atoms with van der Waals surface area (Å²) in [4.78, 5) is 11.9. The summed E-state index contributed by atoms with van der Waals surface area (Å²) in [7, 11) is 1.38. The first kappa shape index (κ1) is 16.4. The minimum absolute atomic E-state index is 0.122. The average molecular weight is 284 g/mol. The minimum Gasteiger partial charge on any atom is -0.494 e. The number of esters is 1. The molecule has 0 fully saturated rings. The first-order valence-electron chi connectivity index (χ1n) is 6.63. The number of hydrogen-bond donors (Lipinski definition) is 1. The van der Waals surface area contributed by atoms with E-state index in [9.17, 15) is 14.3 Å². The van der Waals surface area contributed by atoms with E-state index in [-0.39, 0.29) is 18.8 Å². The molecular formula is C15H21FO4. The lowest BCUT2D eigenvalue weighted by Crippen LogP contribution is -2.44. The Morgan fingerprint density at radius 2 is 2.10 bits per heavy atom. The van der Waals surface area contributed by atoms with E-state index in [4.69, 9.17) is 9.47 Å². The molecule has 0 radical (unpaired) electrons. The topological polar surface area (TPSA) is 55.8 Å². The molecule has 0 amide bonds. The van der Waals surface area contributed by atoms with Crippen LogP contribution in [0.4, 0.5) is 4.39 Å². The van der Waals surface area contributed by atoms with E-state index in [0.717, 1.165) is 0 Å². The first-order valence-corrected chi connectivity index (χ1v) is 6.63. The standard InChI is InChI=1S/C15H21FO4/c1-5-15(18,14(17)20-6-2)10(3)11-7-8-13(19-4)12(16)9-11/h7-10,18H,5-6H2,1-4H3. The van der Waals surface area contributed by atoms with Crippen LogP contribution >= 0.6 is 0 Å². The van der Waals surface area contributed by atoms with Gasteiger partial charge in [-0.1, -0.05) is 19.9 Å². The van der Waals surface area contributed by atoms with Crippen molar-refractivity contribution in [3.63, 3.8) is 0 Å². The van der Waals surface area contributed by atoms with Crippen molar-refractivity contribution in [3.8, 4) is 5.75 Å². The molecule has 112 valence electrons. The third-order valence-electron chi connectivity index (χ3n) is 3.56. The Hall–Kier alpha value is -1.62. The van der Waals surface area contributed by atoms with Gasteiger partial charge in [-0.3, -0.25) is 0 Å². The zero-order chi connectivity index (χ0) is 15.3. The van der Waals surface area contributed by atoms with E-state index in [1.807, 2.05) is 0 Å². The second-order valence-electron chi connectivity index (χ2n) is 4.61. The summed E-state index contributed by atoms with van der Waals surface area (Å²) in [6, 6.07) is 4.37. The number of rotatable bonds is 6. The summed E-state index contributed by atoms with van der Waals surface area (Å²) in [6.07, 6.45) is 0.181. The highest BCUT2D eigenvalue weighted by Gasteiger charge is 2.42. The van der Waals surface area contributed by atoms with E-state index in [2.05, 4.69) is 0 Å². The molecule has 20 heavy (non-hydrogen) atoms. The molecule has 4 nitrogen and oxygen atoms in total. The monoisotopic (exact) mass is 284 g/mol. The van der Waals surface area contributed by atoms with Gasteiger partial charge in [-0.25, -0.2) is 9.18 Å². The van der Waals surface area contributed by atoms with Gasteiger partial charge in [0.1, 0.15) is 0 Å². The smallest absolute Gasteiger partial charge is 0.338 e. The van der Waals surface area contributed by atoms with Crippen molar-refractivity contribution in [2.45, 2.75) is 38.7 Å². The number of halogens is 1. The highest BCUT2D eigenvalue weighted by Crippen LogP contribution is 2.33. The van der Waals surface area contributed by atoms with E-state index in [1.165, 1.54) is 19.2 Å². The maximum atomic E-state index is 13.7. The molecular weight excluding hydrogens is 263 g/mol. The van der Waals surface area contributed by atoms with Crippen molar-refractivity contribution in [2.75, 3.05) is 13.7 Å². The summed E-state index contributed by atoms with van der Waals surface area (Å²) in [5.41, 5.74) is -1.16. The summed E-state index contributed by atoms with van der Waals surface area (Å²) in [6.45, 7) is 5.21. The maximum absolute atomic E-state index is 13.7. The van der Waals surface area contributed by atoms with Crippen molar-refractivity contribution in [1.29, 1.82) is 0 Å². The predicted molar refractivity (Wildman–Crippen MR) is 73.2 cm³/mol. The fourth-order valence-corrected chi connectivity index (χ4v) is 2.11. The second kappa shape index (κ2) is 6.70. The molecule has 0 aliphatic rings. The molecule has 2 atom stereocenters. The zero-order valence-corrected chi connectivity index (χ0v) is 12.3. The third kappa shape index (κ3) is 3.10. The molecule has 0 aliphatic heterocycles. The van der Waals surface area contributed by atoms with Crippen LogP contribution < -0.4 is 4.74 Å². The van der Waals surface area contributed by atoms with Crippen molar-refractivity contribution >= 4 is 5.97 Å². The third-order valence-corrected chi connectivity index (χ3v) is 3.56. The van der Waals surface area contributed by atoms with E-state index < -0.39 is 23.3 Å². The van der Waals surface area contributed by atoms with Crippen LogP contribution in [0.3, 0.4) is 0 Å². The summed E-state index contributed by atoms with van der Waals surface area (Å²) in [5.74, 6) is -1.69. The first-order chi connectivity index (χ1) is 9.40. The van der Waals surface area contributed by atoms with Gasteiger partial charge >= 0.3 is 5.97 Å². The number of methoxy groups -OCH3 is 1. The van der Waals surface area contributed by atoms with Crippen LogP contribution in [0, 0.1) is 5.82 Å². The lowest BCUT2D eigenvalue weighted by Gasteiger charge is -2.31. The zero-order valence-electron chi connectivity index (χ0n) is 12.3. The number of carbonyl (C=O) groups is 1. The molecule has 1 aromatic rings. The SMILES string of the molecule is CCOC(=O)C(O)(CC)C(C)c1ccc(OC)c(F)c1. The van der Waals surface area contributed by atoms with Gasteiger partial charge in [-0.05, 0) is 31.0 Å². The molecule has 0 saturated carbocycles. The summed E-state index contributed by atoms with van der Waals surface area (Å²) >= 11 is 0. The fourth-order valence-electron chi connectivity index (χ4n) is 2.11. The van der Waals surface area contributed by atoms with Crippen molar-refractivity contribution in [1.82, 2.24) is 0 Å². The van der Waals surface area contributed by atoms with Crippen LogP contribution in [-0.2, 0) is 9.53 Å². The maximum Gasteiger partial charge on any atom is 0.338 e. The molecule has 1 N–H and O–H groups in total. The largest absolute Gasteiger partial charge is 0.494 e. The average Bonchev–Trinajstić information content (AvgIpc) is 2.45. The number of aliphatic hydroxyl groups is 1. The molecule has 2 unspecified atom stereocenters. The lowest BCUT2D eigenvalue weighted by molar-refractivity contribution is -0.167. The van der Waals surface area contributed by atoms with Crippen LogP contribution in [0.15, 0.2) is 18.2 Å². The molecule has 0 spiro atoms. The quantitative estimate of drug-likeness (QED) is 0.816. The Bertz CT molecular complexity index is 475. The van der Waals surface area contributed by atoms with Crippen molar-refractivity contribution in [2.24, 2.45) is 0 Å². The van der Waals surface area contributed by atoms with Crippen molar-refractivity contribution in [3.05, 3.63) is 29.6 Å². The van der Waals surface area contributed by atoms with Gasteiger partial charge in [0.05, 0.1) is 13.7 Å². The number of benzene rings is 1. The molecule has 0 aromatic heterocycles. The van der Waals surface area contributed by atoms with E-state index in [0.29, 0.717) is 5.56 Å². The number of hydrogen-bond acceptors (Lipinski definition) is 4. The van der Waals surface area contributed by atoms with Gasteiger partial charge in [0, 0.05) is 5.92 Å². The van der Waals surface area contributed by atoms with E-state index in [1.54, 1.807) is 26.8 Å². The Labute approximate surface area is 118 Å². The molecule has 5 heteroatoms.